The van der Waals surface area contributed by atoms with Crippen LogP contribution in [0.1, 0.15) is 36.5 Å². The Morgan fingerprint density at radius 1 is 0.909 bits per heavy atom. The van der Waals surface area contributed by atoms with Gasteiger partial charge in [-0.3, -0.25) is 9.59 Å². The van der Waals surface area contributed by atoms with Gasteiger partial charge in [-0.1, -0.05) is 18.2 Å². The first kappa shape index (κ1) is 16.2. The van der Waals surface area contributed by atoms with Crippen molar-refractivity contribution in [1.82, 2.24) is 9.80 Å². The fourth-order valence-electron chi connectivity index (χ4n) is 2.57. The third-order valence-corrected chi connectivity index (χ3v) is 3.85. The third-order valence-electron chi connectivity index (χ3n) is 3.85. The summed E-state index contributed by atoms with van der Waals surface area (Å²) >= 11 is 0. The first-order valence-corrected chi connectivity index (χ1v) is 7.69. The van der Waals surface area contributed by atoms with Crippen LogP contribution in [0.25, 0.3) is 0 Å². The van der Waals surface area contributed by atoms with E-state index in [1.54, 1.807) is 9.80 Å². The molecule has 0 spiro atoms. The smallest absolute Gasteiger partial charge is 0.253 e. The molecule has 1 aromatic rings. The molecule has 1 aliphatic heterocycles. The molecule has 1 aliphatic rings. The number of carbonyl (C=O) groups excluding carboxylic acids is 3. The first-order valence-electron chi connectivity index (χ1n) is 7.69. The lowest BCUT2D eigenvalue weighted by atomic mass is 10.2. The predicted molar refractivity (Wildman–Crippen MR) is 83.5 cm³/mol. The highest BCUT2D eigenvalue weighted by Crippen LogP contribution is 2.10. The van der Waals surface area contributed by atoms with Gasteiger partial charge in [0.1, 0.15) is 5.78 Å². The van der Waals surface area contributed by atoms with Gasteiger partial charge < -0.3 is 14.6 Å². The molecule has 0 N–H and O–H groups in total. The molecule has 0 unspecified atom stereocenters. The maximum absolute atomic E-state index is 12.4. The summed E-state index contributed by atoms with van der Waals surface area (Å²) in [6, 6.07) is 9.20. The fourth-order valence-corrected chi connectivity index (χ4v) is 2.57. The Kier molecular flexibility index (Phi) is 5.69. The third kappa shape index (κ3) is 4.41. The molecule has 0 atom stereocenters. The molecule has 0 aliphatic carbocycles. The first-order chi connectivity index (χ1) is 10.6. The Labute approximate surface area is 130 Å². The zero-order chi connectivity index (χ0) is 15.9. The van der Waals surface area contributed by atoms with Gasteiger partial charge in [0.2, 0.25) is 5.91 Å². The van der Waals surface area contributed by atoms with Crippen molar-refractivity contribution in [1.29, 1.82) is 0 Å². The molecule has 1 fully saturated rings. The van der Waals surface area contributed by atoms with Crippen molar-refractivity contribution >= 4 is 17.6 Å². The number of rotatable bonds is 4. The maximum Gasteiger partial charge on any atom is 0.253 e. The quantitative estimate of drug-likeness (QED) is 0.851. The molecule has 2 rings (SSSR count). The SMILES string of the molecule is CC(=O)CCC(=O)N1CCCN(C(=O)c2ccccc2)CC1. The van der Waals surface area contributed by atoms with E-state index in [9.17, 15) is 14.4 Å². The Hall–Kier alpha value is -2.17. The second-order valence-electron chi connectivity index (χ2n) is 5.59. The molecule has 2 amide bonds. The van der Waals surface area contributed by atoms with Crippen LogP contribution >= 0.6 is 0 Å². The van der Waals surface area contributed by atoms with Crippen LogP contribution in [0.15, 0.2) is 30.3 Å². The number of Topliss-reactive ketones (excluding diaryl/α,β-unsaturated/α-hetero) is 1. The van der Waals surface area contributed by atoms with E-state index in [0.29, 0.717) is 38.2 Å². The average Bonchev–Trinajstić information content (AvgIpc) is 2.78. The summed E-state index contributed by atoms with van der Waals surface area (Å²) in [5.74, 6) is 0.0481. The minimum absolute atomic E-state index is 0.00390. The summed E-state index contributed by atoms with van der Waals surface area (Å²) in [6.45, 7) is 3.88. The molecule has 0 bridgehead atoms. The van der Waals surface area contributed by atoms with Crippen LogP contribution in [-0.2, 0) is 9.59 Å². The van der Waals surface area contributed by atoms with Crippen molar-refractivity contribution < 1.29 is 14.4 Å². The van der Waals surface area contributed by atoms with E-state index in [1.807, 2.05) is 30.3 Å². The number of carbonyl (C=O) groups is 3. The lowest BCUT2D eigenvalue weighted by Gasteiger charge is -2.22. The minimum Gasteiger partial charge on any atom is -0.341 e. The van der Waals surface area contributed by atoms with Gasteiger partial charge in [0.05, 0.1) is 0 Å². The van der Waals surface area contributed by atoms with Gasteiger partial charge >= 0.3 is 0 Å². The van der Waals surface area contributed by atoms with Gasteiger partial charge in [-0.05, 0) is 25.5 Å². The van der Waals surface area contributed by atoms with Crippen LogP contribution in [0.4, 0.5) is 0 Å². The lowest BCUT2D eigenvalue weighted by molar-refractivity contribution is -0.132. The normalized spacial score (nSPS) is 15.3. The summed E-state index contributed by atoms with van der Waals surface area (Å²) in [6.07, 6.45) is 1.33. The second kappa shape index (κ2) is 7.73. The van der Waals surface area contributed by atoms with Gasteiger partial charge in [-0.25, -0.2) is 0 Å². The van der Waals surface area contributed by atoms with Gasteiger partial charge in [0.15, 0.2) is 0 Å². The highest BCUT2D eigenvalue weighted by molar-refractivity contribution is 5.94. The molecule has 0 aromatic heterocycles. The number of nitrogens with zero attached hydrogens (tertiary/aromatic N) is 2. The van der Waals surface area contributed by atoms with Crippen molar-refractivity contribution in [2.75, 3.05) is 26.2 Å². The molecule has 5 nitrogen and oxygen atoms in total. The Morgan fingerprint density at radius 3 is 2.23 bits per heavy atom. The number of amides is 2. The van der Waals surface area contributed by atoms with E-state index in [-0.39, 0.29) is 24.0 Å². The van der Waals surface area contributed by atoms with Crippen molar-refractivity contribution in [2.45, 2.75) is 26.2 Å². The lowest BCUT2D eigenvalue weighted by Crippen LogP contribution is -2.37. The van der Waals surface area contributed by atoms with E-state index >= 15 is 0 Å². The molecule has 1 saturated heterocycles. The summed E-state index contributed by atoms with van der Waals surface area (Å²) in [5, 5.41) is 0. The van der Waals surface area contributed by atoms with Crippen LogP contribution in [0.3, 0.4) is 0 Å². The van der Waals surface area contributed by atoms with Gasteiger partial charge in [0.25, 0.3) is 5.91 Å². The molecule has 1 aromatic carbocycles. The number of hydrogen-bond acceptors (Lipinski definition) is 3. The monoisotopic (exact) mass is 302 g/mol. The topological polar surface area (TPSA) is 57.7 Å². The van der Waals surface area contributed by atoms with E-state index in [0.717, 1.165) is 6.42 Å². The molecular weight excluding hydrogens is 280 g/mol. The fraction of sp³-hybridized carbons (Fsp3) is 0.471. The predicted octanol–water partition coefficient (Wildman–Crippen LogP) is 1.73. The molecule has 5 heteroatoms. The van der Waals surface area contributed by atoms with Crippen LogP contribution in [0.5, 0.6) is 0 Å². The summed E-state index contributed by atoms with van der Waals surface area (Å²) in [5.41, 5.74) is 0.679. The molecule has 0 radical (unpaired) electrons. The minimum atomic E-state index is 0.00390. The molecule has 0 saturated carbocycles. The van der Waals surface area contributed by atoms with Gasteiger partial charge in [-0.2, -0.15) is 0 Å². The van der Waals surface area contributed by atoms with E-state index in [4.69, 9.17) is 0 Å². The van der Waals surface area contributed by atoms with Crippen LogP contribution in [0, 0.1) is 0 Å². The molecule has 1 heterocycles. The summed E-state index contributed by atoms with van der Waals surface area (Å²) < 4.78 is 0. The van der Waals surface area contributed by atoms with Crippen molar-refractivity contribution in [2.24, 2.45) is 0 Å². The number of benzene rings is 1. The molecular formula is C17H22N2O3. The second-order valence-corrected chi connectivity index (χ2v) is 5.59. The zero-order valence-electron chi connectivity index (χ0n) is 13.0. The Balaban J connectivity index is 1.91. The standard InChI is InChI=1S/C17H22N2O3/c1-14(20)8-9-16(21)18-10-5-11-19(13-12-18)17(22)15-6-3-2-4-7-15/h2-4,6-7H,5,8-13H2,1H3. The van der Waals surface area contributed by atoms with Crippen molar-refractivity contribution in [3.05, 3.63) is 35.9 Å². The molecule has 118 valence electrons. The van der Waals surface area contributed by atoms with Gasteiger partial charge in [0, 0.05) is 44.6 Å². The summed E-state index contributed by atoms with van der Waals surface area (Å²) in [7, 11) is 0. The van der Waals surface area contributed by atoms with E-state index in [2.05, 4.69) is 0 Å². The highest BCUT2D eigenvalue weighted by Gasteiger charge is 2.22. The number of hydrogen-bond donors (Lipinski definition) is 0. The van der Waals surface area contributed by atoms with Crippen LogP contribution in [0.2, 0.25) is 0 Å². The van der Waals surface area contributed by atoms with Crippen LogP contribution in [-0.4, -0.2) is 53.6 Å². The average molecular weight is 302 g/mol. The maximum atomic E-state index is 12.4. The largest absolute Gasteiger partial charge is 0.341 e. The van der Waals surface area contributed by atoms with Crippen LogP contribution < -0.4 is 0 Å². The summed E-state index contributed by atoms with van der Waals surface area (Å²) in [4.78, 5) is 39.0. The van der Waals surface area contributed by atoms with Gasteiger partial charge in [-0.15, -0.1) is 0 Å². The van der Waals surface area contributed by atoms with E-state index < -0.39 is 0 Å². The Bertz CT molecular complexity index is 542. The van der Waals surface area contributed by atoms with Crippen molar-refractivity contribution in [3.8, 4) is 0 Å². The number of ketones is 1. The Morgan fingerprint density at radius 2 is 1.55 bits per heavy atom. The highest BCUT2D eigenvalue weighted by atomic mass is 16.2. The van der Waals surface area contributed by atoms with Crippen molar-refractivity contribution in [3.63, 3.8) is 0 Å². The van der Waals surface area contributed by atoms with E-state index in [1.165, 1.54) is 6.92 Å². The zero-order valence-corrected chi connectivity index (χ0v) is 13.0. The molecule has 22 heavy (non-hydrogen) atoms.